The van der Waals surface area contributed by atoms with Crippen LogP contribution in [0.1, 0.15) is 44.3 Å². The lowest BCUT2D eigenvalue weighted by molar-refractivity contribution is 0.340. The van der Waals surface area contributed by atoms with Gasteiger partial charge in [-0.25, -0.2) is 8.42 Å². The molecule has 6 nitrogen and oxygen atoms in total. The molecule has 1 aliphatic carbocycles. The first-order valence-electron chi connectivity index (χ1n) is 8.31. The van der Waals surface area contributed by atoms with E-state index >= 15 is 0 Å². The number of nitrogens with one attached hydrogen (secondary N) is 1. The topological polar surface area (TPSA) is 73.2 Å². The Bertz CT molecular complexity index is 791. The van der Waals surface area contributed by atoms with Crippen LogP contribution in [0.5, 0.6) is 5.75 Å². The van der Waals surface area contributed by atoms with Crippen molar-refractivity contribution in [3.05, 3.63) is 36.2 Å². The van der Waals surface area contributed by atoms with Crippen molar-refractivity contribution in [3.8, 4) is 5.75 Å². The van der Waals surface area contributed by atoms with E-state index in [0.717, 1.165) is 12.8 Å². The zero-order valence-corrected chi connectivity index (χ0v) is 14.8. The van der Waals surface area contributed by atoms with Crippen LogP contribution in [-0.4, -0.2) is 24.8 Å². The number of rotatable bonds is 6. The molecular weight excluding hydrogens is 326 g/mol. The highest BCUT2D eigenvalue weighted by atomic mass is 32.2. The third-order valence-electron chi connectivity index (χ3n) is 4.28. The largest absolute Gasteiger partial charge is 0.494 e. The van der Waals surface area contributed by atoms with Gasteiger partial charge in [-0.15, -0.1) is 0 Å². The minimum absolute atomic E-state index is 0.239. The Morgan fingerprint density at radius 3 is 2.54 bits per heavy atom. The average Bonchev–Trinajstić information content (AvgIpc) is 3.18. The maximum atomic E-state index is 12.7. The fraction of sp³-hybridized carbons (Fsp3) is 0.471. The minimum atomic E-state index is -3.65. The van der Waals surface area contributed by atoms with Crippen molar-refractivity contribution in [2.75, 3.05) is 11.3 Å². The molecule has 0 saturated heterocycles. The summed E-state index contributed by atoms with van der Waals surface area (Å²) >= 11 is 0. The second-order valence-corrected chi connectivity index (χ2v) is 7.71. The number of sulfonamides is 1. The van der Waals surface area contributed by atoms with Crippen LogP contribution in [0.3, 0.4) is 0 Å². The molecule has 130 valence electrons. The van der Waals surface area contributed by atoms with Crippen LogP contribution < -0.4 is 9.46 Å². The van der Waals surface area contributed by atoms with E-state index in [1.165, 1.54) is 12.8 Å². The molecule has 0 atom stereocenters. The molecule has 1 heterocycles. The maximum absolute atomic E-state index is 12.7. The van der Waals surface area contributed by atoms with E-state index in [0.29, 0.717) is 29.8 Å². The van der Waals surface area contributed by atoms with E-state index in [4.69, 9.17) is 4.74 Å². The van der Waals surface area contributed by atoms with Gasteiger partial charge >= 0.3 is 0 Å². The molecule has 1 saturated carbocycles. The SMILES string of the molecule is CCOc1ccc(NS(=O)(=O)c2cn(C3CCCC3)nc2C)cc1. The lowest BCUT2D eigenvalue weighted by Gasteiger charge is -2.09. The zero-order chi connectivity index (χ0) is 17.2. The van der Waals surface area contributed by atoms with Gasteiger partial charge in [0.05, 0.1) is 18.3 Å². The van der Waals surface area contributed by atoms with E-state index in [-0.39, 0.29) is 4.90 Å². The highest BCUT2D eigenvalue weighted by Gasteiger charge is 2.24. The Labute approximate surface area is 142 Å². The Morgan fingerprint density at radius 2 is 1.92 bits per heavy atom. The summed E-state index contributed by atoms with van der Waals surface area (Å²) in [6, 6.07) is 7.20. The van der Waals surface area contributed by atoms with Gasteiger partial charge in [-0.3, -0.25) is 9.40 Å². The third-order valence-corrected chi connectivity index (χ3v) is 5.76. The fourth-order valence-electron chi connectivity index (χ4n) is 3.08. The average molecular weight is 349 g/mol. The highest BCUT2D eigenvalue weighted by Crippen LogP contribution is 2.30. The maximum Gasteiger partial charge on any atom is 0.265 e. The minimum Gasteiger partial charge on any atom is -0.494 e. The van der Waals surface area contributed by atoms with Gasteiger partial charge in [-0.1, -0.05) is 12.8 Å². The van der Waals surface area contributed by atoms with E-state index in [2.05, 4.69) is 9.82 Å². The van der Waals surface area contributed by atoms with E-state index in [1.54, 1.807) is 37.4 Å². The quantitative estimate of drug-likeness (QED) is 0.866. The van der Waals surface area contributed by atoms with Crippen molar-refractivity contribution in [1.29, 1.82) is 0 Å². The number of hydrogen-bond donors (Lipinski definition) is 1. The van der Waals surface area contributed by atoms with Crippen LogP contribution in [0.2, 0.25) is 0 Å². The van der Waals surface area contributed by atoms with Crippen molar-refractivity contribution < 1.29 is 13.2 Å². The molecule has 3 rings (SSSR count). The summed E-state index contributed by atoms with van der Waals surface area (Å²) in [5.74, 6) is 0.714. The fourth-order valence-corrected chi connectivity index (χ4v) is 4.31. The molecule has 0 aliphatic heterocycles. The van der Waals surface area contributed by atoms with Crippen LogP contribution >= 0.6 is 0 Å². The second-order valence-electron chi connectivity index (χ2n) is 6.06. The number of hydrogen-bond acceptors (Lipinski definition) is 4. The number of anilines is 1. The third kappa shape index (κ3) is 3.56. The Morgan fingerprint density at radius 1 is 1.25 bits per heavy atom. The molecule has 2 aromatic rings. The molecule has 0 unspecified atom stereocenters. The van der Waals surface area contributed by atoms with Gasteiger partial charge in [-0.2, -0.15) is 5.10 Å². The zero-order valence-electron chi connectivity index (χ0n) is 14.0. The van der Waals surface area contributed by atoms with Gasteiger partial charge in [0.2, 0.25) is 0 Å². The van der Waals surface area contributed by atoms with Crippen molar-refractivity contribution in [2.24, 2.45) is 0 Å². The molecule has 7 heteroatoms. The van der Waals surface area contributed by atoms with E-state index in [1.807, 2.05) is 11.6 Å². The van der Waals surface area contributed by atoms with Gasteiger partial charge < -0.3 is 4.74 Å². The van der Waals surface area contributed by atoms with Crippen LogP contribution in [-0.2, 0) is 10.0 Å². The summed E-state index contributed by atoms with van der Waals surface area (Å²) in [5.41, 5.74) is 1.03. The molecule has 1 N–H and O–H groups in total. The Hall–Kier alpha value is -2.02. The van der Waals surface area contributed by atoms with Crippen LogP contribution in [0, 0.1) is 6.92 Å². The standard InChI is InChI=1S/C17H23N3O3S/c1-3-23-16-10-8-14(9-11-16)19-24(21,22)17-12-20(18-13(17)2)15-6-4-5-7-15/h8-12,15,19H,3-7H2,1-2H3. The predicted octanol–water partition coefficient (Wildman–Crippen LogP) is 3.51. The molecule has 0 amide bonds. The van der Waals surface area contributed by atoms with Crippen molar-refractivity contribution >= 4 is 15.7 Å². The molecule has 1 fully saturated rings. The van der Waals surface area contributed by atoms with Gasteiger partial charge in [0.1, 0.15) is 10.6 Å². The normalized spacial score (nSPS) is 15.6. The molecule has 24 heavy (non-hydrogen) atoms. The summed E-state index contributed by atoms with van der Waals surface area (Å²) < 4.78 is 35.1. The van der Waals surface area contributed by atoms with Crippen LogP contribution in [0.4, 0.5) is 5.69 Å². The number of nitrogens with zero attached hydrogens (tertiary/aromatic N) is 2. The van der Waals surface area contributed by atoms with Gasteiger partial charge in [-0.05, 0) is 51.0 Å². The van der Waals surface area contributed by atoms with Crippen molar-refractivity contribution in [1.82, 2.24) is 9.78 Å². The molecule has 0 radical (unpaired) electrons. The van der Waals surface area contributed by atoms with Crippen molar-refractivity contribution in [3.63, 3.8) is 0 Å². The van der Waals surface area contributed by atoms with Crippen LogP contribution in [0.15, 0.2) is 35.4 Å². The lowest BCUT2D eigenvalue weighted by Crippen LogP contribution is -2.13. The first-order chi connectivity index (χ1) is 11.5. The molecule has 0 bridgehead atoms. The Kier molecular flexibility index (Phi) is 4.80. The van der Waals surface area contributed by atoms with E-state index in [9.17, 15) is 8.42 Å². The Balaban J connectivity index is 1.79. The first-order valence-corrected chi connectivity index (χ1v) is 9.79. The number of aromatic nitrogens is 2. The molecular formula is C17H23N3O3S. The molecule has 1 aromatic heterocycles. The van der Waals surface area contributed by atoms with E-state index < -0.39 is 10.0 Å². The molecule has 1 aromatic carbocycles. The highest BCUT2D eigenvalue weighted by molar-refractivity contribution is 7.92. The lowest BCUT2D eigenvalue weighted by atomic mass is 10.3. The number of aryl methyl sites for hydroxylation is 1. The predicted molar refractivity (Wildman–Crippen MR) is 92.9 cm³/mol. The summed E-state index contributed by atoms with van der Waals surface area (Å²) in [6.07, 6.45) is 6.13. The summed E-state index contributed by atoms with van der Waals surface area (Å²) in [4.78, 5) is 0.239. The monoisotopic (exact) mass is 349 g/mol. The first kappa shape index (κ1) is 16.8. The number of ether oxygens (including phenoxy) is 1. The molecule has 0 spiro atoms. The van der Waals surface area contributed by atoms with Crippen molar-refractivity contribution in [2.45, 2.75) is 50.5 Å². The van der Waals surface area contributed by atoms with Gasteiger partial charge in [0.15, 0.2) is 0 Å². The molecule has 1 aliphatic rings. The van der Waals surface area contributed by atoms with Gasteiger partial charge in [0, 0.05) is 11.9 Å². The van der Waals surface area contributed by atoms with Gasteiger partial charge in [0.25, 0.3) is 10.0 Å². The summed E-state index contributed by atoms with van der Waals surface area (Å²) in [6.45, 7) is 4.21. The summed E-state index contributed by atoms with van der Waals surface area (Å²) in [5, 5.41) is 4.42. The number of benzene rings is 1. The summed E-state index contributed by atoms with van der Waals surface area (Å²) in [7, 11) is -3.65. The second kappa shape index (κ2) is 6.84. The smallest absolute Gasteiger partial charge is 0.265 e. The van der Waals surface area contributed by atoms with Crippen LogP contribution in [0.25, 0.3) is 0 Å².